The summed E-state index contributed by atoms with van der Waals surface area (Å²) in [4.78, 5) is 2.50. The van der Waals surface area contributed by atoms with Crippen LogP contribution in [-0.2, 0) is 0 Å². The number of para-hydroxylation sites is 2. The molecule has 0 amide bonds. The number of hydrogen-bond donors (Lipinski definition) is 0. The second kappa shape index (κ2) is 8.86. The molecule has 2 heterocycles. The number of allylic oxidation sites excluding steroid dienone is 2. The maximum Gasteiger partial charge on any atom is 0.0629 e. The third kappa shape index (κ3) is 3.29. The molecule has 192 valence electrons. The Labute approximate surface area is 235 Å². The normalized spacial score (nSPS) is 17.5. The van der Waals surface area contributed by atoms with Crippen molar-refractivity contribution in [3.63, 3.8) is 0 Å². The van der Waals surface area contributed by atoms with Crippen molar-refractivity contribution in [1.29, 1.82) is 0 Å². The van der Waals surface area contributed by atoms with E-state index in [4.69, 9.17) is 0 Å². The smallest absolute Gasteiger partial charge is 0.0629 e. The van der Waals surface area contributed by atoms with Crippen molar-refractivity contribution >= 4 is 33.2 Å². The summed E-state index contributed by atoms with van der Waals surface area (Å²) < 4.78 is 2.49. The van der Waals surface area contributed by atoms with Crippen molar-refractivity contribution in [3.05, 3.63) is 150 Å². The SMILES string of the molecule is Cc1ccccc1-c1ccc2c3ccccc3n(-c3ccc4c(c3)C3C=CC=CC3N4c3ccccc3)c2c1C. The minimum atomic E-state index is 0.283. The molecule has 2 nitrogen and oxygen atoms in total. The Hall–Kier alpha value is -4.82. The molecule has 0 fully saturated rings. The first-order valence-corrected chi connectivity index (χ1v) is 14.1. The predicted octanol–water partition coefficient (Wildman–Crippen LogP) is 9.80. The van der Waals surface area contributed by atoms with Gasteiger partial charge in [0, 0.05) is 33.8 Å². The molecule has 8 rings (SSSR count). The van der Waals surface area contributed by atoms with Crippen molar-refractivity contribution < 1.29 is 0 Å². The minimum absolute atomic E-state index is 0.283. The monoisotopic (exact) mass is 514 g/mol. The third-order valence-corrected chi connectivity index (χ3v) is 8.85. The third-order valence-electron chi connectivity index (χ3n) is 8.85. The maximum absolute atomic E-state index is 2.50. The highest BCUT2D eigenvalue weighted by Crippen LogP contribution is 2.49. The van der Waals surface area contributed by atoms with Gasteiger partial charge in [-0.05, 0) is 78.1 Å². The summed E-state index contributed by atoms with van der Waals surface area (Å²) in [5.41, 5.74) is 12.9. The number of fused-ring (bicyclic) bond motifs is 6. The van der Waals surface area contributed by atoms with Gasteiger partial charge in [-0.25, -0.2) is 0 Å². The highest BCUT2D eigenvalue weighted by atomic mass is 15.2. The average molecular weight is 515 g/mol. The van der Waals surface area contributed by atoms with Gasteiger partial charge < -0.3 is 9.47 Å². The van der Waals surface area contributed by atoms with Crippen LogP contribution in [-0.4, -0.2) is 10.6 Å². The van der Waals surface area contributed by atoms with Crippen LogP contribution in [0.15, 0.2) is 133 Å². The van der Waals surface area contributed by atoms with Crippen molar-refractivity contribution in [3.8, 4) is 16.8 Å². The van der Waals surface area contributed by atoms with Crippen molar-refractivity contribution in [2.24, 2.45) is 0 Å². The van der Waals surface area contributed by atoms with Crippen molar-refractivity contribution in [2.75, 3.05) is 4.90 Å². The lowest BCUT2D eigenvalue weighted by atomic mass is 9.91. The molecule has 0 saturated heterocycles. The van der Waals surface area contributed by atoms with Crippen LogP contribution in [0.4, 0.5) is 11.4 Å². The molecule has 1 aliphatic heterocycles. The van der Waals surface area contributed by atoms with E-state index in [1.165, 1.54) is 66.7 Å². The second-order valence-electron chi connectivity index (χ2n) is 11.0. The molecule has 2 atom stereocenters. The molecule has 5 aromatic carbocycles. The zero-order chi connectivity index (χ0) is 26.8. The van der Waals surface area contributed by atoms with Crippen LogP contribution >= 0.6 is 0 Å². The summed E-state index contributed by atoms with van der Waals surface area (Å²) in [7, 11) is 0. The number of aryl methyl sites for hydroxylation is 2. The Bertz CT molecular complexity index is 1990. The number of anilines is 2. The number of rotatable bonds is 3. The van der Waals surface area contributed by atoms with E-state index in [-0.39, 0.29) is 6.04 Å². The Morgan fingerprint density at radius 1 is 0.600 bits per heavy atom. The second-order valence-corrected chi connectivity index (χ2v) is 11.0. The Morgan fingerprint density at radius 2 is 1.38 bits per heavy atom. The molecular formula is C38H30N2. The standard InChI is InChI=1S/C38H30N2/c1-25-12-6-7-15-29(25)30-21-22-33-31-16-8-11-19-36(31)40(38(33)26(30)2)28-20-23-37-34(24-28)32-17-9-10-18-35(32)39(37)27-13-4-3-5-14-27/h3-24,32,35H,1-2H3. The molecule has 2 aliphatic rings. The minimum Gasteiger partial charge on any atom is -0.333 e. The van der Waals surface area contributed by atoms with Crippen molar-refractivity contribution in [1.82, 2.24) is 4.57 Å². The van der Waals surface area contributed by atoms with Crippen LogP contribution in [0.3, 0.4) is 0 Å². The van der Waals surface area contributed by atoms with E-state index >= 15 is 0 Å². The first kappa shape index (κ1) is 23.1. The molecule has 0 radical (unpaired) electrons. The molecule has 0 saturated carbocycles. The van der Waals surface area contributed by atoms with Crippen LogP contribution in [0.25, 0.3) is 38.6 Å². The van der Waals surface area contributed by atoms with Crippen LogP contribution in [0.5, 0.6) is 0 Å². The van der Waals surface area contributed by atoms with E-state index in [0.717, 1.165) is 0 Å². The summed E-state index contributed by atoms with van der Waals surface area (Å²) in [5.74, 6) is 0.317. The van der Waals surface area contributed by atoms with Gasteiger partial charge in [-0.15, -0.1) is 0 Å². The van der Waals surface area contributed by atoms with Gasteiger partial charge >= 0.3 is 0 Å². The Kier molecular flexibility index (Phi) is 5.12. The lowest BCUT2D eigenvalue weighted by Gasteiger charge is -2.28. The number of aromatic nitrogens is 1. The zero-order valence-electron chi connectivity index (χ0n) is 22.8. The van der Waals surface area contributed by atoms with E-state index in [2.05, 4.69) is 157 Å². The fraction of sp³-hybridized carbons (Fsp3) is 0.105. The van der Waals surface area contributed by atoms with Gasteiger partial charge in [0.05, 0.1) is 17.1 Å². The number of benzene rings is 5. The summed E-state index contributed by atoms with van der Waals surface area (Å²) in [6, 6.07) is 40.3. The molecule has 0 bridgehead atoms. The molecule has 1 aliphatic carbocycles. The number of hydrogen-bond acceptors (Lipinski definition) is 1. The summed E-state index contributed by atoms with van der Waals surface area (Å²) in [5, 5.41) is 2.59. The highest BCUT2D eigenvalue weighted by Gasteiger charge is 2.37. The van der Waals surface area contributed by atoms with Crippen LogP contribution in [0, 0.1) is 13.8 Å². The molecule has 1 aromatic heterocycles. The van der Waals surface area contributed by atoms with E-state index in [1.807, 2.05) is 0 Å². The van der Waals surface area contributed by atoms with Crippen LogP contribution in [0.2, 0.25) is 0 Å². The van der Waals surface area contributed by atoms with E-state index in [9.17, 15) is 0 Å². The van der Waals surface area contributed by atoms with E-state index < -0.39 is 0 Å². The van der Waals surface area contributed by atoms with Gasteiger partial charge in [0.2, 0.25) is 0 Å². The van der Waals surface area contributed by atoms with Gasteiger partial charge in [-0.1, -0.05) is 97.1 Å². The molecule has 0 N–H and O–H groups in total. The van der Waals surface area contributed by atoms with Gasteiger partial charge in [-0.3, -0.25) is 0 Å². The molecule has 0 spiro atoms. The predicted molar refractivity (Wildman–Crippen MR) is 169 cm³/mol. The summed E-state index contributed by atoms with van der Waals surface area (Å²) in [6.45, 7) is 4.49. The van der Waals surface area contributed by atoms with Gasteiger partial charge in [0.15, 0.2) is 0 Å². The van der Waals surface area contributed by atoms with Gasteiger partial charge in [0.25, 0.3) is 0 Å². The fourth-order valence-corrected chi connectivity index (χ4v) is 7.02. The van der Waals surface area contributed by atoms with Crippen LogP contribution in [0.1, 0.15) is 22.6 Å². The van der Waals surface area contributed by atoms with E-state index in [0.29, 0.717) is 5.92 Å². The summed E-state index contributed by atoms with van der Waals surface area (Å²) >= 11 is 0. The van der Waals surface area contributed by atoms with Crippen LogP contribution < -0.4 is 4.90 Å². The Balaban J connectivity index is 1.39. The first-order chi connectivity index (χ1) is 19.7. The quantitative estimate of drug-likeness (QED) is 0.228. The molecule has 40 heavy (non-hydrogen) atoms. The molecule has 2 heteroatoms. The summed E-state index contributed by atoms with van der Waals surface area (Å²) in [6.07, 6.45) is 9.10. The maximum atomic E-state index is 2.50. The molecule has 6 aromatic rings. The Morgan fingerprint density at radius 3 is 2.25 bits per heavy atom. The highest BCUT2D eigenvalue weighted by molar-refractivity contribution is 6.11. The number of nitrogens with zero attached hydrogens (tertiary/aromatic N) is 2. The fourth-order valence-electron chi connectivity index (χ4n) is 7.02. The molecular weight excluding hydrogens is 484 g/mol. The largest absolute Gasteiger partial charge is 0.333 e. The first-order valence-electron chi connectivity index (χ1n) is 14.1. The topological polar surface area (TPSA) is 8.17 Å². The van der Waals surface area contributed by atoms with Crippen molar-refractivity contribution in [2.45, 2.75) is 25.8 Å². The van der Waals surface area contributed by atoms with Gasteiger partial charge in [-0.2, -0.15) is 0 Å². The average Bonchev–Trinajstić information content (AvgIpc) is 3.52. The van der Waals surface area contributed by atoms with Gasteiger partial charge in [0.1, 0.15) is 0 Å². The zero-order valence-corrected chi connectivity index (χ0v) is 22.8. The molecule has 2 unspecified atom stereocenters. The van der Waals surface area contributed by atoms with E-state index in [1.54, 1.807) is 0 Å². The lowest BCUT2D eigenvalue weighted by Crippen LogP contribution is -2.28. The lowest BCUT2D eigenvalue weighted by molar-refractivity contribution is 0.744.